The van der Waals surface area contributed by atoms with Gasteiger partial charge in [-0.2, -0.15) is 0 Å². The number of para-hydroxylation sites is 1. The summed E-state index contributed by atoms with van der Waals surface area (Å²) in [6.45, 7) is 2.20. The summed E-state index contributed by atoms with van der Waals surface area (Å²) in [7, 11) is 0. The number of halogens is 1. The molecule has 0 saturated carbocycles. The fourth-order valence-electron chi connectivity index (χ4n) is 2.49. The molecule has 1 aromatic heterocycles. The minimum Gasteiger partial charge on any atom is -0.492 e. The summed E-state index contributed by atoms with van der Waals surface area (Å²) in [6, 6.07) is 6.26. The molecule has 0 unspecified atom stereocenters. The maximum Gasteiger partial charge on any atom is 0.262 e. The van der Waals surface area contributed by atoms with Crippen LogP contribution in [0, 0.1) is 0 Å². The largest absolute Gasteiger partial charge is 0.492 e. The summed E-state index contributed by atoms with van der Waals surface area (Å²) in [6.07, 6.45) is 0. The van der Waals surface area contributed by atoms with Crippen LogP contribution < -0.4 is 21.3 Å². The summed E-state index contributed by atoms with van der Waals surface area (Å²) in [4.78, 5) is 36.1. The Morgan fingerprint density at radius 3 is 2.70 bits per heavy atom. The Morgan fingerprint density at radius 2 is 2.00 bits per heavy atom. The highest BCUT2D eigenvalue weighted by Crippen LogP contribution is 2.33. The van der Waals surface area contributed by atoms with Crippen molar-refractivity contribution < 1.29 is 14.3 Å². The second-order valence-electron chi connectivity index (χ2n) is 4.79. The van der Waals surface area contributed by atoms with Crippen LogP contribution in [0.15, 0.2) is 33.5 Å². The minimum absolute atomic E-state index is 0.00667. The van der Waals surface area contributed by atoms with Crippen LogP contribution in [-0.4, -0.2) is 23.0 Å². The molecule has 2 heterocycles. The van der Waals surface area contributed by atoms with Crippen LogP contribution in [0.25, 0.3) is 5.69 Å². The lowest BCUT2D eigenvalue weighted by atomic mass is 10.1. The number of imide groups is 1. The van der Waals surface area contributed by atoms with Crippen LogP contribution in [0.2, 0.25) is 0 Å². The zero-order valence-electron chi connectivity index (χ0n) is 12.1. The predicted octanol–water partition coefficient (Wildman–Crippen LogP) is 1.46. The van der Waals surface area contributed by atoms with Gasteiger partial charge < -0.3 is 10.5 Å². The zero-order chi connectivity index (χ0) is 16.7. The van der Waals surface area contributed by atoms with Gasteiger partial charge in [0.2, 0.25) is 0 Å². The molecule has 0 saturated heterocycles. The van der Waals surface area contributed by atoms with Gasteiger partial charge in [-0.15, -0.1) is 0 Å². The van der Waals surface area contributed by atoms with Gasteiger partial charge in [0.1, 0.15) is 17.3 Å². The number of carbonyl (C=O) groups excluding carboxylic acids is 2. The third-order valence-electron chi connectivity index (χ3n) is 3.43. The number of nitrogens with two attached hydrogens (primary N) is 1. The smallest absolute Gasteiger partial charge is 0.262 e. The highest BCUT2D eigenvalue weighted by Gasteiger charge is 2.32. The number of ether oxygens (including phenoxy) is 1. The summed E-state index contributed by atoms with van der Waals surface area (Å²) in [5, 5.41) is 2.13. The first-order valence-corrected chi connectivity index (χ1v) is 7.58. The normalized spacial score (nSPS) is 13.0. The Bertz CT molecular complexity index is 904. The van der Waals surface area contributed by atoms with Crippen LogP contribution in [0.4, 0.5) is 5.82 Å². The molecule has 0 atom stereocenters. The number of nitrogens with one attached hydrogen (secondary N) is 1. The van der Waals surface area contributed by atoms with E-state index in [2.05, 4.69) is 21.2 Å². The van der Waals surface area contributed by atoms with Gasteiger partial charge in [0.05, 0.1) is 17.7 Å². The molecule has 3 rings (SSSR count). The van der Waals surface area contributed by atoms with Crippen molar-refractivity contribution in [3.8, 4) is 11.4 Å². The third-order valence-corrected chi connectivity index (χ3v) is 4.07. The molecule has 8 heteroatoms. The standard InChI is InChI=1S/C15H12BrN3O4/c1-2-23-9-5-3-4-8(16)12(9)19-10(20)6-7-11(13(19)17)15(22)18-14(7)21/h3-6H,2,17H2,1H3,(H,18,21,22). The van der Waals surface area contributed by atoms with E-state index in [0.29, 0.717) is 22.5 Å². The monoisotopic (exact) mass is 377 g/mol. The molecule has 2 amide bonds. The van der Waals surface area contributed by atoms with E-state index >= 15 is 0 Å². The van der Waals surface area contributed by atoms with Crippen molar-refractivity contribution in [2.24, 2.45) is 0 Å². The van der Waals surface area contributed by atoms with Crippen molar-refractivity contribution in [2.75, 3.05) is 12.3 Å². The van der Waals surface area contributed by atoms with Crippen molar-refractivity contribution in [1.82, 2.24) is 9.88 Å². The number of pyridine rings is 1. The van der Waals surface area contributed by atoms with Gasteiger partial charge >= 0.3 is 0 Å². The van der Waals surface area contributed by atoms with E-state index in [1.807, 2.05) is 6.92 Å². The van der Waals surface area contributed by atoms with Gasteiger partial charge in [0.15, 0.2) is 0 Å². The maximum absolute atomic E-state index is 12.5. The van der Waals surface area contributed by atoms with Gasteiger partial charge in [-0.25, -0.2) is 0 Å². The van der Waals surface area contributed by atoms with Crippen LogP contribution >= 0.6 is 15.9 Å². The average molecular weight is 378 g/mol. The molecule has 2 aromatic rings. The molecule has 3 N–H and O–H groups in total. The minimum atomic E-state index is -0.627. The predicted molar refractivity (Wildman–Crippen MR) is 87.1 cm³/mol. The maximum atomic E-state index is 12.5. The van der Waals surface area contributed by atoms with Crippen LogP contribution in [0.5, 0.6) is 5.75 Å². The number of hydrogen-bond donors (Lipinski definition) is 2. The highest BCUT2D eigenvalue weighted by atomic mass is 79.9. The molecule has 7 nitrogen and oxygen atoms in total. The molecule has 0 bridgehead atoms. The van der Waals surface area contributed by atoms with E-state index in [-0.39, 0.29) is 16.9 Å². The van der Waals surface area contributed by atoms with Crippen LogP contribution in [-0.2, 0) is 0 Å². The fourth-order valence-corrected chi connectivity index (χ4v) is 3.02. The van der Waals surface area contributed by atoms with Gasteiger partial charge in [0.25, 0.3) is 17.4 Å². The summed E-state index contributed by atoms with van der Waals surface area (Å²) in [5.74, 6) is -0.927. The molecule has 118 valence electrons. The number of aromatic nitrogens is 1. The van der Waals surface area contributed by atoms with Gasteiger partial charge in [-0.05, 0) is 35.0 Å². The first-order chi connectivity index (χ1) is 11.0. The van der Waals surface area contributed by atoms with Crippen molar-refractivity contribution in [2.45, 2.75) is 6.92 Å². The molecule has 0 radical (unpaired) electrons. The van der Waals surface area contributed by atoms with Crippen molar-refractivity contribution in [3.63, 3.8) is 0 Å². The van der Waals surface area contributed by atoms with E-state index in [9.17, 15) is 14.4 Å². The first-order valence-electron chi connectivity index (χ1n) is 6.78. The molecule has 1 aliphatic heterocycles. The lowest BCUT2D eigenvalue weighted by molar-refractivity contribution is 0.0880. The highest BCUT2D eigenvalue weighted by molar-refractivity contribution is 9.10. The van der Waals surface area contributed by atoms with Gasteiger partial charge in [-0.1, -0.05) is 6.07 Å². The van der Waals surface area contributed by atoms with E-state index in [1.54, 1.807) is 18.2 Å². The van der Waals surface area contributed by atoms with Gasteiger partial charge in [0, 0.05) is 10.5 Å². The number of nitrogens with zero attached hydrogens (tertiary/aromatic N) is 1. The molecular formula is C15H12BrN3O4. The number of benzene rings is 1. The molecule has 0 aliphatic carbocycles. The molecule has 23 heavy (non-hydrogen) atoms. The topological polar surface area (TPSA) is 103 Å². The number of nitrogen functional groups attached to an aromatic ring is 1. The fraction of sp³-hybridized carbons (Fsp3) is 0.133. The Balaban J connectivity index is 2.36. The number of amides is 2. The number of rotatable bonds is 3. The van der Waals surface area contributed by atoms with Crippen molar-refractivity contribution >= 4 is 33.6 Å². The molecule has 1 aliphatic rings. The summed E-state index contributed by atoms with van der Waals surface area (Å²) >= 11 is 3.37. The SMILES string of the molecule is CCOc1cccc(Br)c1-n1c(N)c2c(cc1=O)C(=O)NC2=O. The van der Waals surface area contributed by atoms with Crippen LogP contribution in [0.3, 0.4) is 0 Å². The van der Waals surface area contributed by atoms with Gasteiger partial charge in [-0.3, -0.25) is 24.3 Å². The Morgan fingerprint density at radius 1 is 1.26 bits per heavy atom. The van der Waals surface area contributed by atoms with E-state index in [1.165, 1.54) is 0 Å². The molecule has 0 fully saturated rings. The second-order valence-corrected chi connectivity index (χ2v) is 5.65. The first kappa shape index (κ1) is 15.3. The quantitative estimate of drug-likeness (QED) is 0.788. The van der Waals surface area contributed by atoms with Crippen LogP contribution in [0.1, 0.15) is 27.6 Å². The molecule has 0 spiro atoms. The van der Waals surface area contributed by atoms with E-state index in [4.69, 9.17) is 10.5 Å². The van der Waals surface area contributed by atoms with E-state index < -0.39 is 17.4 Å². The third kappa shape index (κ3) is 2.31. The Kier molecular flexibility index (Phi) is 3.69. The number of carbonyl (C=O) groups is 2. The Hall–Kier alpha value is -2.61. The summed E-state index contributed by atoms with van der Waals surface area (Å²) < 4.78 is 7.27. The number of fused-ring (bicyclic) bond motifs is 1. The molecular weight excluding hydrogens is 366 g/mol. The van der Waals surface area contributed by atoms with E-state index in [0.717, 1.165) is 10.6 Å². The second kappa shape index (κ2) is 5.54. The summed E-state index contributed by atoms with van der Waals surface area (Å²) in [5.41, 5.74) is 5.86. The Labute approximate surface area is 139 Å². The van der Waals surface area contributed by atoms with Crippen molar-refractivity contribution in [1.29, 1.82) is 0 Å². The lowest BCUT2D eigenvalue weighted by Crippen LogP contribution is -2.25. The average Bonchev–Trinajstić information content (AvgIpc) is 2.76. The number of anilines is 1. The zero-order valence-corrected chi connectivity index (χ0v) is 13.6. The lowest BCUT2D eigenvalue weighted by Gasteiger charge is -2.17. The van der Waals surface area contributed by atoms with Crippen molar-refractivity contribution in [3.05, 3.63) is 50.2 Å². The number of hydrogen-bond acceptors (Lipinski definition) is 5. The molecule has 1 aromatic carbocycles.